The van der Waals surface area contributed by atoms with Crippen LogP contribution in [0.2, 0.25) is 0 Å². The van der Waals surface area contributed by atoms with Crippen molar-refractivity contribution < 1.29 is 13.5 Å². The van der Waals surface area contributed by atoms with Crippen molar-refractivity contribution in [3.05, 3.63) is 41.5 Å². The maximum Gasteiger partial charge on any atom is 0.200 e. The second-order valence-electron chi connectivity index (χ2n) is 9.17. The van der Waals surface area contributed by atoms with Gasteiger partial charge in [0.15, 0.2) is 11.6 Å². The van der Waals surface area contributed by atoms with Gasteiger partial charge in [-0.1, -0.05) is 38.0 Å². The van der Waals surface area contributed by atoms with Crippen molar-refractivity contribution in [1.82, 2.24) is 0 Å². The molecule has 0 bridgehead atoms. The van der Waals surface area contributed by atoms with Gasteiger partial charge in [0.2, 0.25) is 5.82 Å². The third-order valence-corrected chi connectivity index (χ3v) is 7.29. The van der Waals surface area contributed by atoms with Crippen LogP contribution in [0.15, 0.2) is 24.3 Å². The maximum atomic E-state index is 14.6. The summed E-state index contributed by atoms with van der Waals surface area (Å²) in [6.45, 7) is 4.47. The van der Waals surface area contributed by atoms with Crippen LogP contribution in [0.5, 0.6) is 5.75 Å². The third-order valence-electron chi connectivity index (χ3n) is 7.29. The Kier molecular flexibility index (Phi) is 8.56. The van der Waals surface area contributed by atoms with Crippen LogP contribution in [0.4, 0.5) is 8.78 Å². The van der Waals surface area contributed by atoms with E-state index in [4.69, 9.17) is 4.74 Å². The summed E-state index contributed by atoms with van der Waals surface area (Å²) in [5, 5.41) is 0. The lowest BCUT2D eigenvalue weighted by Crippen LogP contribution is -2.25. The normalized spacial score (nSPS) is 28.0. The van der Waals surface area contributed by atoms with E-state index in [1.807, 2.05) is 6.92 Å². The highest BCUT2D eigenvalue weighted by atomic mass is 19.2. The molecule has 1 aromatic carbocycles. The highest BCUT2D eigenvalue weighted by Crippen LogP contribution is 2.45. The lowest BCUT2D eigenvalue weighted by molar-refractivity contribution is 0.156. The van der Waals surface area contributed by atoms with Crippen molar-refractivity contribution in [3.63, 3.8) is 0 Å². The van der Waals surface area contributed by atoms with E-state index in [-0.39, 0.29) is 11.7 Å². The average molecular weight is 405 g/mol. The quantitative estimate of drug-likeness (QED) is 0.397. The van der Waals surface area contributed by atoms with Crippen molar-refractivity contribution in [2.45, 2.75) is 90.4 Å². The van der Waals surface area contributed by atoms with Gasteiger partial charge in [-0.25, -0.2) is 4.39 Å². The Morgan fingerprint density at radius 2 is 1.59 bits per heavy atom. The zero-order valence-corrected chi connectivity index (χ0v) is 18.3. The molecule has 0 heterocycles. The predicted octanol–water partition coefficient (Wildman–Crippen LogP) is 8.19. The summed E-state index contributed by atoms with van der Waals surface area (Å²) in [5.41, 5.74) is 0.553. The summed E-state index contributed by atoms with van der Waals surface area (Å²) >= 11 is 0. The van der Waals surface area contributed by atoms with Crippen LogP contribution in [0.3, 0.4) is 0 Å². The topological polar surface area (TPSA) is 9.23 Å². The monoisotopic (exact) mass is 404 g/mol. The summed E-state index contributed by atoms with van der Waals surface area (Å²) in [6, 6.07) is 3.37. The lowest BCUT2D eigenvalue weighted by atomic mass is 9.68. The van der Waals surface area contributed by atoms with E-state index >= 15 is 0 Å². The summed E-state index contributed by atoms with van der Waals surface area (Å²) in [5.74, 6) is 1.23. The fourth-order valence-electron chi connectivity index (χ4n) is 5.53. The number of benzene rings is 1. The Morgan fingerprint density at radius 1 is 0.931 bits per heavy atom. The second-order valence-corrected chi connectivity index (χ2v) is 9.17. The first-order valence-corrected chi connectivity index (χ1v) is 11.9. The first-order chi connectivity index (χ1) is 14.1. The van der Waals surface area contributed by atoms with Crippen molar-refractivity contribution in [2.75, 3.05) is 6.61 Å². The average Bonchev–Trinajstić information content (AvgIpc) is 2.76. The van der Waals surface area contributed by atoms with Gasteiger partial charge in [0.1, 0.15) is 0 Å². The molecule has 0 unspecified atom stereocenters. The molecule has 0 N–H and O–H groups in total. The summed E-state index contributed by atoms with van der Waals surface area (Å²) in [6.07, 6.45) is 17.6. The second kappa shape index (κ2) is 11.1. The molecular weight excluding hydrogens is 366 g/mol. The standard InChI is InChI=1S/C26H38F2O/c1-3-5-6-7-19-8-10-20(11-9-19)21-12-14-22(15-13-21)23-16-17-24(29-18-4-2)26(28)25(23)27/h3,5,16-17,19-22H,4,6-15,18H2,1-2H3. The molecule has 1 aromatic rings. The predicted molar refractivity (Wildman–Crippen MR) is 116 cm³/mol. The molecule has 29 heavy (non-hydrogen) atoms. The summed E-state index contributed by atoms with van der Waals surface area (Å²) in [7, 11) is 0. The van der Waals surface area contributed by atoms with Crippen molar-refractivity contribution in [2.24, 2.45) is 17.8 Å². The van der Waals surface area contributed by atoms with E-state index in [0.717, 1.165) is 49.9 Å². The van der Waals surface area contributed by atoms with Gasteiger partial charge in [-0.15, -0.1) is 0 Å². The van der Waals surface area contributed by atoms with Crippen LogP contribution in [0, 0.1) is 29.4 Å². The lowest BCUT2D eigenvalue weighted by Gasteiger charge is -2.38. The van der Waals surface area contributed by atoms with Gasteiger partial charge in [0.05, 0.1) is 6.61 Å². The van der Waals surface area contributed by atoms with E-state index in [0.29, 0.717) is 12.2 Å². The molecule has 0 atom stereocenters. The van der Waals surface area contributed by atoms with E-state index in [1.54, 1.807) is 12.1 Å². The Balaban J connectivity index is 1.49. The van der Waals surface area contributed by atoms with E-state index < -0.39 is 11.6 Å². The number of hydrogen-bond acceptors (Lipinski definition) is 1. The Bertz CT molecular complexity index is 653. The van der Waals surface area contributed by atoms with Gasteiger partial charge in [0, 0.05) is 0 Å². The van der Waals surface area contributed by atoms with Crippen LogP contribution in [0.1, 0.15) is 96.0 Å². The third kappa shape index (κ3) is 5.83. The fraction of sp³-hybridized carbons (Fsp3) is 0.692. The maximum absolute atomic E-state index is 14.6. The Morgan fingerprint density at radius 3 is 2.21 bits per heavy atom. The van der Waals surface area contributed by atoms with Crippen molar-refractivity contribution in [1.29, 1.82) is 0 Å². The van der Waals surface area contributed by atoms with E-state index in [1.165, 1.54) is 38.5 Å². The van der Waals surface area contributed by atoms with Crippen LogP contribution in [-0.4, -0.2) is 6.61 Å². The first-order valence-electron chi connectivity index (χ1n) is 11.9. The minimum Gasteiger partial charge on any atom is -0.490 e. The van der Waals surface area contributed by atoms with Gasteiger partial charge in [-0.2, -0.15) is 4.39 Å². The SMILES string of the molecule is CC=CCCC1CCC(C2CCC(c3ccc(OCCC)c(F)c3F)CC2)CC1. The molecule has 162 valence electrons. The number of halogens is 2. The summed E-state index contributed by atoms with van der Waals surface area (Å²) in [4.78, 5) is 0. The van der Waals surface area contributed by atoms with Crippen LogP contribution >= 0.6 is 0 Å². The van der Waals surface area contributed by atoms with Gasteiger partial charge in [0.25, 0.3) is 0 Å². The molecule has 2 aliphatic carbocycles. The molecule has 3 rings (SSSR count). The van der Waals surface area contributed by atoms with Gasteiger partial charge >= 0.3 is 0 Å². The summed E-state index contributed by atoms with van der Waals surface area (Å²) < 4.78 is 34.3. The van der Waals surface area contributed by atoms with E-state index in [2.05, 4.69) is 19.1 Å². The molecule has 2 saturated carbocycles. The van der Waals surface area contributed by atoms with Crippen molar-refractivity contribution in [3.8, 4) is 5.75 Å². The molecule has 1 nitrogen and oxygen atoms in total. The number of ether oxygens (including phenoxy) is 1. The number of allylic oxidation sites excluding steroid dienone is 2. The Labute approximate surface area is 175 Å². The number of rotatable bonds is 8. The first kappa shape index (κ1) is 22.3. The molecule has 0 amide bonds. The van der Waals surface area contributed by atoms with E-state index in [9.17, 15) is 8.78 Å². The molecule has 2 fully saturated rings. The van der Waals surface area contributed by atoms with Crippen LogP contribution < -0.4 is 4.74 Å². The minimum atomic E-state index is -0.811. The van der Waals surface area contributed by atoms with Crippen molar-refractivity contribution >= 4 is 0 Å². The Hall–Kier alpha value is -1.38. The molecule has 0 aliphatic heterocycles. The zero-order valence-electron chi connectivity index (χ0n) is 18.3. The molecule has 3 heteroatoms. The molecular formula is C26H38F2O. The molecule has 0 spiro atoms. The van der Waals surface area contributed by atoms with Gasteiger partial charge < -0.3 is 4.74 Å². The highest BCUT2D eigenvalue weighted by Gasteiger charge is 2.32. The minimum absolute atomic E-state index is 0.0490. The fourth-order valence-corrected chi connectivity index (χ4v) is 5.53. The van der Waals surface area contributed by atoms with Gasteiger partial charge in [-0.05, 0) is 100 Å². The highest BCUT2D eigenvalue weighted by molar-refractivity contribution is 5.33. The van der Waals surface area contributed by atoms with Crippen LogP contribution in [-0.2, 0) is 0 Å². The molecule has 2 aliphatic rings. The smallest absolute Gasteiger partial charge is 0.200 e. The molecule has 0 aromatic heterocycles. The number of hydrogen-bond donors (Lipinski definition) is 0. The van der Waals surface area contributed by atoms with Crippen LogP contribution in [0.25, 0.3) is 0 Å². The molecule has 0 saturated heterocycles. The molecule has 0 radical (unpaired) electrons. The largest absolute Gasteiger partial charge is 0.490 e. The zero-order chi connectivity index (χ0) is 20.6. The van der Waals surface area contributed by atoms with Gasteiger partial charge in [-0.3, -0.25) is 0 Å².